The summed E-state index contributed by atoms with van der Waals surface area (Å²) in [7, 11) is -4.04. The predicted octanol–water partition coefficient (Wildman–Crippen LogP) is 4.92. The molecule has 0 unspecified atom stereocenters. The van der Waals surface area contributed by atoms with Crippen molar-refractivity contribution in [2.24, 2.45) is 0 Å². The molecule has 0 saturated carbocycles. The number of para-hydroxylation sites is 2. The lowest BCUT2D eigenvalue weighted by Gasteiger charge is -2.26. The summed E-state index contributed by atoms with van der Waals surface area (Å²) in [5, 5.41) is 5.64. The van der Waals surface area contributed by atoms with Gasteiger partial charge in [-0.1, -0.05) is 61.9 Å². The zero-order valence-electron chi connectivity index (χ0n) is 21.1. The zero-order valence-corrected chi connectivity index (χ0v) is 21.9. The zero-order chi connectivity index (χ0) is 26.3. The van der Waals surface area contributed by atoms with Gasteiger partial charge in [-0.2, -0.15) is 0 Å². The van der Waals surface area contributed by atoms with Crippen LogP contribution >= 0.6 is 0 Å². The van der Waals surface area contributed by atoms with Gasteiger partial charge in [0.1, 0.15) is 6.54 Å². The molecule has 0 aliphatic heterocycles. The van der Waals surface area contributed by atoms with Gasteiger partial charge in [-0.25, -0.2) is 8.42 Å². The van der Waals surface area contributed by atoms with Crippen molar-refractivity contribution in [1.82, 2.24) is 5.32 Å². The van der Waals surface area contributed by atoms with Gasteiger partial charge >= 0.3 is 0 Å². The molecule has 0 fully saturated rings. The van der Waals surface area contributed by atoms with Gasteiger partial charge < -0.3 is 10.6 Å². The van der Waals surface area contributed by atoms with Gasteiger partial charge in [0.15, 0.2) is 0 Å². The lowest BCUT2D eigenvalue weighted by atomic mass is 10.1. The first kappa shape index (κ1) is 26.9. The number of hydrogen-bond donors (Lipinski definition) is 2. The highest BCUT2D eigenvalue weighted by atomic mass is 32.2. The monoisotopic (exact) mass is 507 g/mol. The van der Waals surface area contributed by atoms with Crippen LogP contribution in [0.1, 0.15) is 48.7 Å². The van der Waals surface area contributed by atoms with Crippen LogP contribution in [0.5, 0.6) is 0 Å². The molecule has 2 amide bonds. The smallest absolute Gasteiger partial charge is 0.264 e. The van der Waals surface area contributed by atoms with E-state index in [9.17, 15) is 18.0 Å². The molecule has 0 aliphatic rings. The van der Waals surface area contributed by atoms with E-state index in [0.29, 0.717) is 23.4 Å². The number of benzene rings is 3. The second-order valence-corrected chi connectivity index (χ2v) is 10.5. The van der Waals surface area contributed by atoms with Gasteiger partial charge in [-0.05, 0) is 62.6 Å². The van der Waals surface area contributed by atoms with E-state index in [4.69, 9.17) is 0 Å². The number of amides is 2. The van der Waals surface area contributed by atoms with Gasteiger partial charge in [0.25, 0.3) is 15.9 Å². The molecule has 0 heterocycles. The van der Waals surface area contributed by atoms with Crippen molar-refractivity contribution in [3.8, 4) is 0 Å². The number of carbonyl (C=O) groups excluding carboxylic acids is 2. The van der Waals surface area contributed by atoms with Gasteiger partial charge in [-0.3, -0.25) is 13.9 Å². The molecule has 190 valence electrons. The Balaban J connectivity index is 1.95. The SMILES string of the molecule is CCc1ccccc1N(CC(=O)Nc1ccccc1C(=O)N[C@@H](C)CC)S(=O)(=O)c1ccc(C)cc1. The second kappa shape index (κ2) is 11.9. The van der Waals surface area contributed by atoms with Crippen LogP contribution in [0.4, 0.5) is 11.4 Å². The fraction of sp³-hybridized carbons (Fsp3) is 0.286. The molecule has 0 spiro atoms. The first-order valence-corrected chi connectivity index (χ1v) is 13.5. The molecule has 3 aromatic rings. The Kier molecular flexibility index (Phi) is 8.88. The van der Waals surface area contributed by atoms with Crippen LogP contribution in [-0.2, 0) is 21.2 Å². The molecular formula is C28H33N3O4S. The normalized spacial score (nSPS) is 12.0. The Morgan fingerprint density at radius 3 is 2.22 bits per heavy atom. The summed E-state index contributed by atoms with van der Waals surface area (Å²) in [6.45, 7) is 7.23. The Labute approximate surface area is 213 Å². The van der Waals surface area contributed by atoms with E-state index in [-0.39, 0.29) is 16.8 Å². The summed E-state index contributed by atoms with van der Waals surface area (Å²) in [5.74, 6) is -0.860. The minimum atomic E-state index is -4.04. The lowest BCUT2D eigenvalue weighted by Crippen LogP contribution is -2.39. The molecule has 0 aliphatic carbocycles. The standard InChI is InChI=1S/C28H33N3O4S/c1-5-21(4)29-28(33)24-12-8-9-13-25(24)30-27(32)19-31(26-14-10-7-11-22(26)6-2)36(34,35)23-17-15-20(3)16-18-23/h7-18,21H,5-6,19H2,1-4H3,(H,29,33)(H,30,32)/t21-/m0/s1. The lowest BCUT2D eigenvalue weighted by molar-refractivity contribution is -0.114. The summed E-state index contributed by atoms with van der Waals surface area (Å²) in [6, 6.07) is 20.3. The van der Waals surface area contributed by atoms with Crippen LogP contribution in [0.15, 0.2) is 77.7 Å². The predicted molar refractivity (Wildman–Crippen MR) is 144 cm³/mol. The van der Waals surface area contributed by atoms with Crippen molar-refractivity contribution in [2.75, 3.05) is 16.2 Å². The molecule has 0 bridgehead atoms. The molecule has 2 N–H and O–H groups in total. The molecule has 0 saturated heterocycles. The Bertz CT molecular complexity index is 1320. The van der Waals surface area contributed by atoms with Gasteiger partial charge in [0.05, 0.1) is 21.8 Å². The highest BCUT2D eigenvalue weighted by Gasteiger charge is 2.29. The number of nitrogens with one attached hydrogen (secondary N) is 2. The minimum Gasteiger partial charge on any atom is -0.350 e. The van der Waals surface area contributed by atoms with Crippen molar-refractivity contribution in [2.45, 2.75) is 51.5 Å². The number of aryl methyl sites for hydroxylation is 2. The van der Waals surface area contributed by atoms with Gasteiger partial charge in [-0.15, -0.1) is 0 Å². The molecule has 1 atom stereocenters. The van der Waals surface area contributed by atoms with Gasteiger partial charge in [0, 0.05) is 6.04 Å². The highest BCUT2D eigenvalue weighted by molar-refractivity contribution is 7.92. The van der Waals surface area contributed by atoms with Crippen LogP contribution in [0, 0.1) is 6.92 Å². The molecule has 0 aromatic heterocycles. The molecule has 7 nitrogen and oxygen atoms in total. The Morgan fingerprint density at radius 1 is 0.917 bits per heavy atom. The van der Waals surface area contributed by atoms with Crippen LogP contribution in [0.25, 0.3) is 0 Å². The summed E-state index contributed by atoms with van der Waals surface area (Å²) in [5.41, 5.74) is 2.81. The van der Waals surface area contributed by atoms with E-state index >= 15 is 0 Å². The molecular weight excluding hydrogens is 474 g/mol. The second-order valence-electron chi connectivity index (χ2n) is 8.68. The van der Waals surface area contributed by atoms with E-state index < -0.39 is 22.5 Å². The number of nitrogens with zero attached hydrogens (tertiary/aromatic N) is 1. The third-order valence-corrected chi connectivity index (χ3v) is 7.75. The van der Waals surface area contributed by atoms with E-state index in [2.05, 4.69) is 10.6 Å². The van der Waals surface area contributed by atoms with Crippen LogP contribution in [0.2, 0.25) is 0 Å². The molecule has 3 aromatic carbocycles. The first-order chi connectivity index (χ1) is 17.2. The third kappa shape index (κ3) is 6.31. The minimum absolute atomic E-state index is 0.0260. The Morgan fingerprint density at radius 2 is 1.56 bits per heavy atom. The van der Waals surface area contributed by atoms with Crippen molar-refractivity contribution in [1.29, 1.82) is 0 Å². The average Bonchev–Trinajstić information content (AvgIpc) is 2.87. The van der Waals surface area contributed by atoms with Crippen LogP contribution in [-0.4, -0.2) is 32.8 Å². The van der Waals surface area contributed by atoms with E-state index in [1.807, 2.05) is 39.8 Å². The fourth-order valence-corrected chi connectivity index (χ4v) is 5.16. The molecule has 8 heteroatoms. The van der Waals surface area contributed by atoms with Crippen molar-refractivity contribution in [3.05, 3.63) is 89.5 Å². The number of anilines is 2. The van der Waals surface area contributed by atoms with Gasteiger partial charge in [0.2, 0.25) is 5.91 Å². The van der Waals surface area contributed by atoms with Crippen molar-refractivity contribution < 1.29 is 18.0 Å². The van der Waals surface area contributed by atoms with Crippen LogP contribution < -0.4 is 14.9 Å². The third-order valence-electron chi connectivity index (χ3n) is 5.97. The Hall–Kier alpha value is -3.65. The number of carbonyl (C=O) groups is 2. The maximum absolute atomic E-state index is 13.7. The molecule has 0 radical (unpaired) electrons. The fourth-order valence-electron chi connectivity index (χ4n) is 3.70. The number of rotatable bonds is 10. The first-order valence-electron chi connectivity index (χ1n) is 12.0. The summed E-state index contributed by atoms with van der Waals surface area (Å²) < 4.78 is 28.6. The largest absolute Gasteiger partial charge is 0.350 e. The maximum atomic E-state index is 13.7. The molecule has 3 rings (SSSR count). The summed E-state index contributed by atoms with van der Waals surface area (Å²) in [4.78, 5) is 26.1. The van der Waals surface area contributed by atoms with E-state index in [1.165, 1.54) is 0 Å². The van der Waals surface area contributed by atoms with E-state index in [0.717, 1.165) is 21.9 Å². The maximum Gasteiger partial charge on any atom is 0.264 e. The van der Waals surface area contributed by atoms with Crippen molar-refractivity contribution in [3.63, 3.8) is 0 Å². The number of hydrogen-bond acceptors (Lipinski definition) is 4. The van der Waals surface area contributed by atoms with E-state index in [1.54, 1.807) is 60.7 Å². The quantitative estimate of drug-likeness (QED) is 0.407. The summed E-state index contributed by atoms with van der Waals surface area (Å²) >= 11 is 0. The van der Waals surface area contributed by atoms with Crippen molar-refractivity contribution >= 4 is 33.2 Å². The highest BCUT2D eigenvalue weighted by Crippen LogP contribution is 2.28. The molecule has 36 heavy (non-hydrogen) atoms. The van der Waals surface area contributed by atoms with Crippen LogP contribution in [0.3, 0.4) is 0 Å². The topological polar surface area (TPSA) is 95.6 Å². The summed E-state index contributed by atoms with van der Waals surface area (Å²) in [6.07, 6.45) is 1.36. The number of sulfonamides is 1. The average molecular weight is 508 g/mol.